The summed E-state index contributed by atoms with van der Waals surface area (Å²) in [5, 5.41) is 3.39. The van der Waals surface area contributed by atoms with Crippen LogP contribution in [0.25, 0.3) is 11.0 Å². The molecule has 1 amide bonds. The van der Waals surface area contributed by atoms with Gasteiger partial charge < -0.3 is 9.73 Å². The standard InChI is InChI=1S/C21H20FNO3/c1-21(2,3)15-6-4-13(5-7-15)20(25)23-12-14-10-19(24)26-18-11-16(22)8-9-17(14)18/h4-11H,12H2,1-3H3,(H,23,25). The predicted molar refractivity (Wildman–Crippen MR) is 98.8 cm³/mol. The summed E-state index contributed by atoms with van der Waals surface area (Å²) >= 11 is 0. The smallest absolute Gasteiger partial charge is 0.336 e. The van der Waals surface area contributed by atoms with E-state index in [0.717, 1.165) is 11.6 Å². The molecule has 0 fully saturated rings. The first-order valence-corrected chi connectivity index (χ1v) is 8.35. The Kier molecular flexibility index (Phi) is 4.64. The molecular weight excluding hydrogens is 333 g/mol. The molecule has 26 heavy (non-hydrogen) atoms. The maximum absolute atomic E-state index is 13.3. The first-order chi connectivity index (χ1) is 12.2. The van der Waals surface area contributed by atoms with E-state index in [1.54, 1.807) is 12.1 Å². The molecule has 3 aromatic rings. The SMILES string of the molecule is CC(C)(C)c1ccc(C(=O)NCc2cc(=O)oc3cc(F)ccc23)cc1. The minimum Gasteiger partial charge on any atom is -0.423 e. The van der Waals surface area contributed by atoms with E-state index in [2.05, 4.69) is 26.1 Å². The van der Waals surface area contributed by atoms with Crippen LogP contribution >= 0.6 is 0 Å². The van der Waals surface area contributed by atoms with Crippen LogP contribution in [0.5, 0.6) is 0 Å². The van der Waals surface area contributed by atoms with Crippen LogP contribution in [0.3, 0.4) is 0 Å². The number of nitrogens with one attached hydrogen (secondary N) is 1. The van der Waals surface area contributed by atoms with Gasteiger partial charge in [-0.25, -0.2) is 9.18 Å². The summed E-state index contributed by atoms with van der Waals surface area (Å²) in [4.78, 5) is 24.0. The molecule has 134 valence electrons. The Labute approximate surface area is 150 Å². The largest absolute Gasteiger partial charge is 0.423 e. The van der Waals surface area contributed by atoms with Crippen LogP contribution in [-0.2, 0) is 12.0 Å². The highest BCUT2D eigenvalue weighted by Gasteiger charge is 2.14. The lowest BCUT2D eigenvalue weighted by Gasteiger charge is -2.19. The lowest BCUT2D eigenvalue weighted by Crippen LogP contribution is -2.23. The molecule has 0 bridgehead atoms. The van der Waals surface area contributed by atoms with E-state index in [0.29, 0.717) is 16.5 Å². The van der Waals surface area contributed by atoms with Gasteiger partial charge in [0.25, 0.3) is 5.91 Å². The number of rotatable bonds is 3. The number of halogens is 1. The molecule has 4 nitrogen and oxygen atoms in total. The van der Waals surface area contributed by atoms with Crippen molar-refractivity contribution in [2.45, 2.75) is 32.7 Å². The number of hydrogen-bond acceptors (Lipinski definition) is 3. The minimum atomic E-state index is -0.582. The molecule has 1 N–H and O–H groups in total. The molecule has 5 heteroatoms. The van der Waals surface area contributed by atoms with Crippen molar-refractivity contribution in [3.05, 3.63) is 81.5 Å². The third-order valence-corrected chi connectivity index (χ3v) is 4.24. The molecule has 0 atom stereocenters. The highest BCUT2D eigenvalue weighted by molar-refractivity contribution is 5.94. The molecule has 0 unspecified atom stereocenters. The van der Waals surface area contributed by atoms with E-state index in [9.17, 15) is 14.0 Å². The second-order valence-corrected chi connectivity index (χ2v) is 7.24. The zero-order chi connectivity index (χ0) is 18.9. The van der Waals surface area contributed by atoms with Crippen LogP contribution in [0.15, 0.2) is 57.7 Å². The lowest BCUT2D eigenvalue weighted by molar-refractivity contribution is 0.0951. The van der Waals surface area contributed by atoms with Crippen molar-refractivity contribution in [3.63, 3.8) is 0 Å². The molecule has 0 spiro atoms. The highest BCUT2D eigenvalue weighted by Crippen LogP contribution is 2.22. The van der Waals surface area contributed by atoms with Crippen molar-refractivity contribution in [3.8, 4) is 0 Å². The van der Waals surface area contributed by atoms with Gasteiger partial charge in [0, 0.05) is 29.6 Å². The fraction of sp³-hybridized carbons (Fsp3) is 0.238. The van der Waals surface area contributed by atoms with Gasteiger partial charge in [-0.2, -0.15) is 0 Å². The molecular formula is C21H20FNO3. The quantitative estimate of drug-likeness (QED) is 0.719. The minimum absolute atomic E-state index is 0.0151. The Morgan fingerprint density at radius 3 is 2.42 bits per heavy atom. The summed E-state index contributed by atoms with van der Waals surface area (Å²) in [7, 11) is 0. The first-order valence-electron chi connectivity index (χ1n) is 8.35. The zero-order valence-electron chi connectivity index (χ0n) is 14.9. The average molecular weight is 353 g/mol. The van der Waals surface area contributed by atoms with Gasteiger partial charge in [0.2, 0.25) is 0 Å². The number of carbonyl (C=O) groups is 1. The monoisotopic (exact) mass is 353 g/mol. The molecule has 0 radical (unpaired) electrons. The molecule has 1 aromatic heterocycles. The van der Waals surface area contributed by atoms with Gasteiger partial charge in [0.15, 0.2) is 0 Å². The lowest BCUT2D eigenvalue weighted by atomic mass is 9.87. The zero-order valence-corrected chi connectivity index (χ0v) is 14.9. The van der Waals surface area contributed by atoms with E-state index < -0.39 is 11.4 Å². The third kappa shape index (κ3) is 3.82. The fourth-order valence-corrected chi connectivity index (χ4v) is 2.75. The van der Waals surface area contributed by atoms with Crippen molar-refractivity contribution < 1.29 is 13.6 Å². The molecule has 3 rings (SSSR count). The molecule has 0 aliphatic heterocycles. The predicted octanol–water partition coefficient (Wildman–Crippen LogP) is 4.16. The van der Waals surface area contributed by atoms with Gasteiger partial charge in [-0.3, -0.25) is 4.79 Å². The van der Waals surface area contributed by atoms with Crippen LogP contribution in [0, 0.1) is 5.82 Å². The number of fused-ring (bicyclic) bond motifs is 1. The Balaban J connectivity index is 1.80. The number of carbonyl (C=O) groups excluding carboxylic acids is 1. The molecule has 1 heterocycles. The Bertz CT molecular complexity index is 1010. The van der Waals surface area contributed by atoms with Crippen molar-refractivity contribution in [2.24, 2.45) is 0 Å². The van der Waals surface area contributed by atoms with Gasteiger partial charge in [-0.15, -0.1) is 0 Å². The van der Waals surface area contributed by atoms with Gasteiger partial charge in [-0.1, -0.05) is 32.9 Å². The summed E-state index contributed by atoms with van der Waals surface area (Å²) in [6.07, 6.45) is 0. The Morgan fingerprint density at radius 2 is 1.77 bits per heavy atom. The van der Waals surface area contributed by atoms with Gasteiger partial charge in [-0.05, 0) is 40.8 Å². The second-order valence-electron chi connectivity index (χ2n) is 7.24. The Hall–Kier alpha value is -2.95. The first kappa shape index (κ1) is 17.9. The number of amides is 1. The van der Waals surface area contributed by atoms with Crippen molar-refractivity contribution in [2.75, 3.05) is 0 Å². The van der Waals surface area contributed by atoms with Crippen LogP contribution in [0.1, 0.15) is 42.3 Å². The van der Waals surface area contributed by atoms with E-state index in [4.69, 9.17) is 4.42 Å². The maximum atomic E-state index is 13.3. The number of hydrogen-bond donors (Lipinski definition) is 1. The van der Waals surface area contributed by atoms with Crippen LogP contribution < -0.4 is 10.9 Å². The summed E-state index contributed by atoms with van der Waals surface area (Å²) in [5.74, 6) is -0.727. The molecule has 0 saturated heterocycles. The fourth-order valence-electron chi connectivity index (χ4n) is 2.75. The second kappa shape index (κ2) is 6.75. The van der Waals surface area contributed by atoms with Gasteiger partial charge >= 0.3 is 5.63 Å². The summed E-state index contributed by atoms with van der Waals surface area (Å²) < 4.78 is 18.3. The number of benzene rings is 2. The molecule has 0 aliphatic carbocycles. The van der Waals surface area contributed by atoms with E-state index in [-0.39, 0.29) is 23.4 Å². The topological polar surface area (TPSA) is 59.3 Å². The summed E-state index contributed by atoms with van der Waals surface area (Å²) in [5.41, 5.74) is 1.86. The van der Waals surface area contributed by atoms with Crippen LogP contribution in [-0.4, -0.2) is 5.91 Å². The van der Waals surface area contributed by atoms with E-state index in [1.807, 2.05) is 12.1 Å². The van der Waals surface area contributed by atoms with Gasteiger partial charge in [0.1, 0.15) is 11.4 Å². The third-order valence-electron chi connectivity index (χ3n) is 4.24. The van der Waals surface area contributed by atoms with E-state index >= 15 is 0 Å². The molecule has 2 aromatic carbocycles. The van der Waals surface area contributed by atoms with Gasteiger partial charge in [0.05, 0.1) is 0 Å². The van der Waals surface area contributed by atoms with Crippen LogP contribution in [0.2, 0.25) is 0 Å². The highest BCUT2D eigenvalue weighted by atomic mass is 19.1. The molecule has 0 saturated carbocycles. The maximum Gasteiger partial charge on any atom is 0.336 e. The normalized spacial score (nSPS) is 11.5. The van der Waals surface area contributed by atoms with Crippen LogP contribution in [0.4, 0.5) is 4.39 Å². The van der Waals surface area contributed by atoms with E-state index in [1.165, 1.54) is 18.2 Å². The Morgan fingerprint density at radius 1 is 1.08 bits per heavy atom. The van der Waals surface area contributed by atoms with Crippen molar-refractivity contribution in [1.82, 2.24) is 5.32 Å². The summed E-state index contributed by atoms with van der Waals surface area (Å²) in [6.45, 7) is 6.47. The van der Waals surface area contributed by atoms with Crippen molar-refractivity contribution >= 4 is 16.9 Å². The average Bonchev–Trinajstić information content (AvgIpc) is 2.58. The molecule has 0 aliphatic rings. The van der Waals surface area contributed by atoms with Crippen molar-refractivity contribution in [1.29, 1.82) is 0 Å². The summed E-state index contributed by atoms with van der Waals surface area (Å²) in [6, 6.07) is 12.7.